The number of esters is 1. The van der Waals surface area contributed by atoms with Crippen molar-refractivity contribution in [2.45, 2.75) is 20.0 Å². The highest BCUT2D eigenvalue weighted by Gasteiger charge is 2.26. The van der Waals surface area contributed by atoms with Crippen LogP contribution >= 0.6 is 0 Å². The number of para-hydroxylation sites is 2. The molecule has 0 bridgehead atoms. The highest BCUT2D eigenvalue weighted by atomic mass is 16.5. The number of fused-ring (bicyclic) bond motifs is 2. The fraction of sp³-hybridized carbons (Fsp3) is 0.190. The number of rotatable bonds is 4. The maximum absolute atomic E-state index is 12.8. The lowest BCUT2D eigenvalue weighted by Crippen LogP contribution is -2.13. The van der Waals surface area contributed by atoms with Crippen molar-refractivity contribution < 1.29 is 14.3 Å². The molecule has 0 saturated carbocycles. The number of hydrogen-bond donors (Lipinski definition) is 1. The third-order valence-corrected chi connectivity index (χ3v) is 4.38. The van der Waals surface area contributed by atoms with Gasteiger partial charge in [0.1, 0.15) is 22.6 Å². The van der Waals surface area contributed by atoms with Crippen molar-refractivity contribution in [3.05, 3.63) is 54.1 Å². The van der Waals surface area contributed by atoms with E-state index in [2.05, 4.69) is 4.98 Å². The minimum atomic E-state index is -0.519. The largest absolute Gasteiger partial charge is 0.497 e. The first-order chi connectivity index (χ1) is 13.5. The predicted octanol–water partition coefficient (Wildman–Crippen LogP) is 3.73. The number of methoxy groups -OCH3 is 1. The molecule has 2 heterocycles. The molecular weight excluding hydrogens is 356 g/mol. The Balaban J connectivity index is 2.03. The SMILES string of the molecule is COc1ccc(-n2c(N)c(C(=O)OC(C)C)c3nc4ccccc4nc32)cc1. The molecule has 7 heteroatoms. The fourth-order valence-corrected chi connectivity index (χ4v) is 3.13. The number of carbonyl (C=O) groups excluding carboxylic acids is 1. The molecule has 2 N–H and O–H groups in total. The van der Waals surface area contributed by atoms with E-state index in [1.54, 1.807) is 25.5 Å². The number of hydrogen-bond acceptors (Lipinski definition) is 6. The van der Waals surface area contributed by atoms with Gasteiger partial charge in [-0.1, -0.05) is 12.1 Å². The number of nitrogens with zero attached hydrogens (tertiary/aromatic N) is 3. The minimum Gasteiger partial charge on any atom is -0.497 e. The quantitative estimate of drug-likeness (QED) is 0.546. The molecule has 4 aromatic rings. The number of aromatic nitrogens is 3. The van der Waals surface area contributed by atoms with Crippen molar-refractivity contribution in [3.63, 3.8) is 0 Å². The molecule has 28 heavy (non-hydrogen) atoms. The second-order valence-electron chi connectivity index (χ2n) is 6.63. The van der Waals surface area contributed by atoms with Crippen molar-refractivity contribution in [1.82, 2.24) is 14.5 Å². The van der Waals surface area contributed by atoms with Crippen LogP contribution in [0.5, 0.6) is 5.75 Å². The molecule has 7 nitrogen and oxygen atoms in total. The minimum absolute atomic E-state index is 0.220. The van der Waals surface area contributed by atoms with Crippen LogP contribution in [-0.2, 0) is 4.74 Å². The molecule has 142 valence electrons. The lowest BCUT2D eigenvalue weighted by Gasteiger charge is -2.09. The van der Waals surface area contributed by atoms with E-state index in [4.69, 9.17) is 20.2 Å². The third-order valence-electron chi connectivity index (χ3n) is 4.38. The van der Waals surface area contributed by atoms with Gasteiger partial charge >= 0.3 is 5.97 Å². The van der Waals surface area contributed by atoms with Crippen LogP contribution in [0.25, 0.3) is 27.9 Å². The Morgan fingerprint density at radius 1 is 1.04 bits per heavy atom. The first-order valence-electron chi connectivity index (χ1n) is 8.91. The zero-order valence-corrected chi connectivity index (χ0v) is 15.8. The third kappa shape index (κ3) is 2.90. The number of benzene rings is 2. The highest BCUT2D eigenvalue weighted by Crippen LogP contribution is 2.32. The van der Waals surface area contributed by atoms with E-state index in [9.17, 15) is 4.79 Å². The van der Waals surface area contributed by atoms with Gasteiger partial charge in [-0.25, -0.2) is 14.8 Å². The monoisotopic (exact) mass is 376 g/mol. The number of anilines is 1. The van der Waals surface area contributed by atoms with E-state index in [1.807, 2.05) is 48.5 Å². The van der Waals surface area contributed by atoms with Gasteiger partial charge in [0.05, 0.1) is 24.2 Å². The number of carbonyl (C=O) groups is 1. The van der Waals surface area contributed by atoms with Crippen molar-refractivity contribution >= 4 is 34.0 Å². The molecule has 0 aliphatic rings. The van der Waals surface area contributed by atoms with Gasteiger partial charge in [-0.2, -0.15) is 0 Å². The average Bonchev–Trinajstić information content (AvgIpc) is 2.96. The lowest BCUT2D eigenvalue weighted by molar-refractivity contribution is 0.0381. The summed E-state index contributed by atoms with van der Waals surface area (Å²) in [7, 11) is 1.60. The van der Waals surface area contributed by atoms with Gasteiger partial charge in [0.2, 0.25) is 0 Å². The summed E-state index contributed by atoms with van der Waals surface area (Å²) in [6, 6.07) is 14.8. The molecule has 0 saturated heterocycles. The first-order valence-corrected chi connectivity index (χ1v) is 8.91. The summed E-state index contributed by atoms with van der Waals surface area (Å²) in [5, 5.41) is 0. The van der Waals surface area contributed by atoms with Crippen molar-refractivity contribution in [2.75, 3.05) is 12.8 Å². The molecule has 0 unspecified atom stereocenters. The van der Waals surface area contributed by atoms with Gasteiger partial charge in [-0.05, 0) is 50.2 Å². The molecule has 0 aliphatic carbocycles. The Hall–Kier alpha value is -3.61. The van der Waals surface area contributed by atoms with E-state index < -0.39 is 5.97 Å². The fourth-order valence-electron chi connectivity index (χ4n) is 3.13. The second kappa shape index (κ2) is 6.84. The summed E-state index contributed by atoms with van der Waals surface area (Å²) in [6.45, 7) is 3.58. The van der Waals surface area contributed by atoms with Crippen LogP contribution in [0.15, 0.2) is 48.5 Å². The zero-order chi connectivity index (χ0) is 19.8. The zero-order valence-electron chi connectivity index (χ0n) is 15.8. The van der Waals surface area contributed by atoms with Gasteiger partial charge < -0.3 is 15.2 Å². The summed E-state index contributed by atoms with van der Waals surface area (Å²) in [5.74, 6) is 0.435. The molecule has 2 aromatic carbocycles. The number of nitrogen functional groups attached to an aromatic ring is 1. The van der Waals surface area contributed by atoms with Crippen LogP contribution in [0.1, 0.15) is 24.2 Å². The highest BCUT2D eigenvalue weighted by molar-refractivity contribution is 6.09. The van der Waals surface area contributed by atoms with Crippen molar-refractivity contribution in [3.8, 4) is 11.4 Å². The van der Waals surface area contributed by atoms with Crippen molar-refractivity contribution in [2.24, 2.45) is 0 Å². The van der Waals surface area contributed by atoms with E-state index >= 15 is 0 Å². The first kappa shape index (κ1) is 17.8. The maximum atomic E-state index is 12.8. The summed E-state index contributed by atoms with van der Waals surface area (Å²) >= 11 is 0. The Labute approximate surface area is 161 Å². The lowest BCUT2D eigenvalue weighted by atomic mass is 10.2. The Bertz CT molecular complexity index is 1180. The number of ether oxygens (including phenoxy) is 2. The smallest absolute Gasteiger partial charge is 0.344 e. The number of nitrogens with two attached hydrogens (primary N) is 1. The predicted molar refractivity (Wildman–Crippen MR) is 108 cm³/mol. The Kier molecular flexibility index (Phi) is 4.35. The Morgan fingerprint density at radius 2 is 1.68 bits per heavy atom. The topological polar surface area (TPSA) is 92.3 Å². The van der Waals surface area contributed by atoms with Crippen LogP contribution in [0.2, 0.25) is 0 Å². The second-order valence-corrected chi connectivity index (χ2v) is 6.63. The molecule has 0 aliphatic heterocycles. The summed E-state index contributed by atoms with van der Waals surface area (Å²) in [5.41, 5.74) is 9.68. The molecule has 0 spiro atoms. The van der Waals surface area contributed by atoms with E-state index in [0.29, 0.717) is 22.2 Å². The molecule has 0 fully saturated rings. The Morgan fingerprint density at radius 3 is 2.29 bits per heavy atom. The van der Waals surface area contributed by atoms with Crippen LogP contribution in [0.3, 0.4) is 0 Å². The molecule has 0 radical (unpaired) electrons. The van der Waals surface area contributed by atoms with E-state index in [-0.39, 0.29) is 17.5 Å². The van der Waals surface area contributed by atoms with Crippen LogP contribution < -0.4 is 10.5 Å². The normalized spacial score (nSPS) is 11.3. The van der Waals surface area contributed by atoms with Gasteiger partial charge in [0, 0.05) is 5.69 Å². The van der Waals surface area contributed by atoms with Gasteiger partial charge in [-0.3, -0.25) is 4.57 Å². The molecule has 4 rings (SSSR count). The standard InChI is InChI=1S/C21H20N4O3/c1-12(2)28-21(26)17-18-20(24-16-7-5-4-6-15(16)23-18)25(19(17)22)13-8-10-14(27-3)11-9-13/h4-12H,22H2,1-3H3. The maximum Gasteiger partial charge on any atom is 0.344 e. The van der Waals surface area contributed by atoms with Crippen molar-refractivity contribution in [1.29, 1.82) is 0 Å². The van der Waals surface area contributed by atoms with E-state index in [0.717, 1.165) is 11.4 Å². The van der Waals surface area contributed by atoms with Crippen LogP contribution in [0.4, 0.5) is 5.82 Å². The van der Waals surface area contributed by atoms with Gasteiger partial charge in [0.15, 0.2) is 5.65 Å². The summed E-state index contributed by atoms with van der Waals surface area (Å²) in [6.07, 6.45) is -0.278. The molecule has 0 atom stereocenters. The summed E-state index contributed by atoms with van der Waals surface area (Å²) in [4.78, 5) is 22.1. The molecule has 0 amide bonds. The van der Waals surface area contributed by atoms with Crippen LogP contribution in [-0.4, -0.2) is 33.7 Å². The van der Waals surface area contributed by atoms with Gasteiger partial charge in [-0.15, -0.1) is 0 Å². The molecule has 2 aromatic heterocycles. The van der Waals surface area contributed by atoms with Gasteiger partial charge in [0.25, 0.3) is 0 Å². The molecular formula is C21H20N4O3. The van der Waals surface area contributed by atoms with E-state index in [1.165, 1.54) is 0 Å². The average molecular weight is 376 g/mol. The summed E-state index contributed by atoms with van der Waals surface area (Å²) < 4.78 is 12.3. The van der Waals surface area contributed by atoms with Crippen LogP contribution in [0, 0.1) is 0 Å².